The van der Waals surface area contributed by atoms with Crippen molar-refractivity contribution in [2.24, 2.45) is 11.8 Å². The van der Waals surface area contributed by atoms with Gasteiger partial charge in [0.2, 0.25) is 15.9 Å². The predicted molar refractivity (Wildman–Crippen MR) is 112 cm³/mol. The molecule has 8 nitrogen and oxygen atoms in total. The number of likely N-dealkylation sites (tertiary alicyclic amines) is 1. The highest BCUT2D eigenvalue weighted by molar-refractivity contribution is 7.89. The standard InChI is InChI=1S/C21H29N3O5S/c1-15-9-16(2)12-23(11-15)30(27,28)17-5-6-19-18(10-17)24(21(26)14-29-19)13-20(25)22-7-3-4-8-22/h5-6,10,15-16H,3-4,7-9,11-14H2,1-2H3. The maximum absolute atomic E-state index is 13.3. The molecule has 2 atom stereocenters. The molecule has 164 valence electrons. The molecule has 0 spiro atoms. The van der Waals surface area contributed by atoms with Crippen molar-refractivity contribution in [1.29, 1.82) is 0 Å². The van der Waals surface area contributed by atoms with Gasteiger partial charge < -0.3 is 9.64 Å². The normalized spacial score (nSPS) is 25.2. The summed E-state index contributed by atoms with van der Waals surface area (Å²) in [5.74, 6) is 0.537. The van der Waals surface area contributed by atoms with Crippen LogP contribution in [0.25, 0.3) is 0 Å². The van der Waals surface area contributed by atoms with Gasteiger partial charge >= 0.3 is 0 Å². The Hall–Kier alpha value is -2.13. The number of benzene rings is 1. The third-order valence-corrected chi connectivity index (χ3v) is 7.93. The molecule has 0 bridgehead atoms. The summed E-state index contributed by atoms with van der Waals surface area (Å²) in [7, 11) is -3.70. The number of hydrogen-bond acceptors (Lipinski definition) is 5. The molecule has 2 saturated heterocycles. The zero-order valence-corrected chi connectivity index (χ0v) is 18.4. The third kappa shape index (κ3) is 4.05. The first-order valence-corrected chi connectivity index (χ1v) is 12.0. The molecule has 3 aliphatic rings. The highest BCUT2D eigenvalue weighted by Crippen LogP contribution is 2.36. The van der Waals surface area contributed by atoms with Gasteiger partial charge in [-0.2, -0.15) is 4.31 Å². The van der Waals surface area contributed by atoms with Crippen LogP contribution < -0.4 is 9.64 Å². The van der Waals surface area contributed by atoms with Crippen molar-refractivity contribution >= 4 is 27.5 Å². The summed E-state index contributed by atoms with van der Waals surface area (Å²) in [4.78, 5) is 28.4. The molecule has 2 unspecified atom stereocenters. The topological polar surface area (TPSA) is 87.2 Å². The monoisotopic (exact) mass is 435 g/mol. The maximum atomic E-state index is 13.3. The van der Waals surface area contributed by atoms with E-state index in [1.54, 1.807) is 11.0 Å². The summed E-state index contributed by atoms with van der Waals surface area (Å²) in [6, 6.07) is 4.58. The fourth-order valence-electron chi connectivity index (χ4n) is 4.67. The largest absolute Gasteiger partial charge is 0.482 e. The van der Waals surface area contributed by atoms with E-state index in [-0.39, 0.29) is 29.9 Å². The average molecular weight is 436 g/mol. The smallest absolute Gasteiger partial charge is 0.265 e. The molecule has 2 amide bonds. The first kappa shape index (κ1) is 21.1. The molecular formula is C21H29N3O5S. The number of fused-ring (bicyclic) bond motifs is 1. The molecular weight excluding hydrogens is 406 g/mol. The Labute approximate surface area is 177 Å². The highest BCUT2D eigenvalue weighted by atomic mass is 32.2. The molecule has 4 rings (SSSR count). The van der Waals surface area contributed by atoms with E-state index in [2.05, 4.69) is 13.8 Å². The molecule has 1 aromatic rings. The van der Waals surface area contributed by atoms with E-state index in [0.717, 1.165) is 19.3 Å². The lowest BCUT2D eigenvalue weighted by molar-refractivity contribution is -0.131. The molecule has 0 aromatic heterocycles. The van der Waals surface area contributed by atoms with Crippen molar-refractivity contribution in [3.63, 3.8) is 0 Å². The van der Waals surface area contributed by atoms with Crippen LogP contribution in [-0.2, 0) is 19.6 Å². The number of anilines is 1. The first-order chi connectivity index (χ1) is 14.3. The van der Waals surface area contributed by atoms with Gasteiger partial charge in [-0.05, 0) is 49.3 Å². The van der Waals surface area contributed by atoms with Gasteiger partial charge in [-0.25, -0.2) is 8.42 Å². The van der Waals surface area contributed by atoms with Gasteiger partial charge in [-0.1, -0.05) is 13.8 Å². The molecule has 0 aliphatic carbocycles. The lowest BCUT2D eigenvalue weighted by atomic mass is 9.94. The van der Waals surface area contributed by atoms with E-state index in [0.29, 0.717) is 49.5 Å². The fraction of sp³-hybridized carbons (Fsp3) is 0.619. The van der Waals surface area contributed by atoms with Crippen LogP contribution in [0.4, 0.5) is 5.69 Å². The molecule has 0 N–H and O–H groups in total. The van der Waals surface area contributed by atoms with Crippen molar-refractivity contribution < 1.29 is 22.7 Å². The van der Waals surface area contributed by atoms with Crippen LogP contribution in [0.5, 0.6) is 5.75 Å². The number of sulfonamides is 1. The number of piperidine rings is 1. The van der Waals surface area contributed by atoms with Crippen LogP contribution in [0.1, 0.15) is 33.1 Å². The fourth-order valence-corrected chi connectivity index (χ4v) is 6.37. The number of rotatable bonds is 4. The minimum absolute atomic E-state index is 0.101. The van der Waals surface area contributed by atoms with Gasteiger partial charge in [0.05, 0.1) is 10.6 Å². The van der Waals surface area contributed by atoms with Gasteiger partial charge in [0.15, 0.2) is 6.61 Å². The van der Waals surface area contributed by atoms with Gasteiger partial charge in [-0.3, -0.25) is 14.5 Å². The number of nitrogens with zero attached hydrogens (tertiary/aromatic N) is 3. The van der Waals surface area contributed by atoms with E-state index in [4.69, 9.17) is 4.74 Å². The molecule has 3 heterocycles. The van der Waals surface area contributed by atoms with Crippen LogP contribution in [0, 0.1) is 11.8 Å². The maximum Gasteiger partial charge on any atom is 0.265 e. The van der Waals surface area contributed by atoms with Crippen molar-refractivity contribution in [3.8, 4) is 5.75 Å². The predicted octanol–water partition coefficient (Wildman–Crippen LogP) is 1.70. The average Bonchev–Trinajstić information content (AvgIpc) is 3.24. The summed E-state index contributed by atoms with van der Waals surface area (Å²) in [6.45, 7) is 6.22. The second-order valence-electron chi connectivity index (χ2n) is 8.75. The minimum atomic E-state index is -3.70. The van der Waals surface area contributed by atoms with Crippen molar-refractivity contribution in [2.45, 2.75) is 38.0 Å². The Morgan fingerprint density at radius 2 is 1.80 bits per heavy atom. The lowest BCUT2D eigenvalue weighted by Gasteiger charge is -2.34. The van der Waals surface area contributed by atoms with E-state index in [1.807, 2.05) is 0 Å². The quantitative estimate of drug-likeness (QED) is 0.718. The zero-order valence-electron chi connectivity index (χ0n) is 17.5. The van der Waals surface area contributed by atoms with E-state index >= 15 is 0 Å². The van der Waals surface area contributed by atoms with E-state index in [1.165, 1.54) is 21.3 Å². The SMILES string of the molecule is CC1CC(C)CN(S(=O)(=O)c2ccc3c(c2)N(CC(=O)N2CCCC2)C(=O)CO3)C1. The van der Waals surface area contributed by atoms with Crippen molar-refractivity contribution in [2.75, 3.05) is 44.2 Å². The zero-order chi connectivity index (χ0) is 21.5. The van der Waals surface area contributed by atoms with Crippen molar-refractivity contribution in [1.82, 2.24) is 9.21 Å². The number of ether oxygens (including phenoxy) is 1. The van der Waals surface area contributed by atoms with E-state index < -0.39 is 10.0 Å². The Bertz CT molecular complexity index is 932. The summed E-state index contributed by atoms with van der Waals surface area (Å²) < 4.78 is 33.6. The second-order valence-corrected chi connectivity index (χ2v) is 10.7. The number of carbonyl (C=O) groups excluding carboxylic acids is 2. The Morgan fingerprint density at radius 3 is 2.47 bits per heavy atom. The summed E-state index contributed by atoms with van der Waals surface area (Å²) >= 11 is 0. The minimum Gasteiger partial charge on any atom is -0.482 e. The van der Waals surface area contributed by atoms with Gasteiger partial charge in [-0.15, -0.1) is 0 Å². The molecule has 1 aromatic carbocycles. The van der Waals surface area contributed by atoms with Crippen LogP contribution in [0.15, 0.2) is 23.1 Å². The van der Waals surface area contributed by atoms with Gasteiger partial charge in [0.1, 0.15) is 12.3 Å². The number of hydrogen-bond donors (Lipinski definition) is 0. The molecule has 9 heteroatoms. The summed E-state index contributed by atoms with van der Waals surface area (Å²) in [5, 5.41) is 0. The molecule has 30 heavy (non-hydrogen) atoms. The number of amides is 2. The van der Waals surface area contributed by atoms with Crippen LogP contribution >= 0.6 is 0 Å². The molecule has 0 radical (unpaired) electrons. The summed E-state index contributed by atoms with van der Waals surface area (Å²) in [5.41, 5.74) is 0.345. The Kier molecular flexibility index (Phi) is 5.76. The molecule has 0 saturated carbocycles. The number of carbonyl (C=O) groups is 2. The van der Waals surface area contributed by atoms with Crippen LogP contribution in [0.3, 0.4) is 0 Å². The van der Waals surface area contributed by atoms with Gasteiger partial charge in [0, 0.05) is 26.2 Å². The lowest BCUT2D eigenvalue weighted by Crippen LogP contribution is -2.46. The third-order valence-electron chi connectivity index (χ3n) is 6.10. The second kappa shape index (κ2) is 8.19. The molecule has 2 fully saturated rings. The highest BCUT2D eigenvalue weighted by Gasteiger charge is 2.35. The van der Waals surface area contributed by atoms with Crippen LogP contribution in [0.2, 0.25) is 0 Å². The van der Waals surface area contributed by atoms with Gasteiger partial charge in [0.25, 0.3) is 5.91 Å². The Morgan fingerprint density at radius 1 is 1.13 bits per heavy atom. The van der Waals surface area contributed by atoms with Crippen molar-refractivity contribution in [3.05, 3.63) is 18.2 Å². The molecule has 3 aliphatic heterocycles. The summed E-state index contributed by atoms with van der Waals surface area (Å²) in [6.07, 6.45) is 2.94. The Balaban J connectivity index is 1.63. The van der Waals surface area contributed by atoms with E-state index in [9.17, 15) is 18.0 Å². The first-order valence-electron chi connectivity index (χ1n) is 10.6. The van der Waals surface area contributed by atoms with Crippen LogP contribution in [-0.4, -0.2) is 68.8 Å².